The van der Waals surface area contributed by atoms with Gasteiger partial charge in [-0.2, -0.15) is 5.10 Å². The van der Waals surface area contributed by atoms with Crippen molar-refractivity contribution in [2.45, 2.75) is 6.92 Å². The zero-order chi connectivity index (χ0) is 10.5. The first-order valence-corrected chi connectivity index (χ1v) is 4.74. The van der Waals surface area contributed by atoms with E-state index in [1.54, 1.807) is 12.5 Å². The van der Waals surface area contributed by atoms with Gasteiger partial charge in [0.05, 0.1) is 18.2 Å². The summed E-state index contributed by atoms with van der Waals surface area (Å²) >= 11 is 0. The summed E-state index contributed by atoms with van der Waals surface area (Å²) in [5, 5.41) is 4.04. The number of hydrogen-bond donors (Lipinski definition) is 1. The van der Waals surface area contributed by atoms with Gasteiger partial charge in [-0.15, -0.1) is 0 Å². The Morgan fingerprint density at radius 3 is 2.67 bits per heavy atom. The maximum Gasteiger partial charge on any atom is 0.146 e. The summed E-state index contributed by atoms with van der Waals surface area (Å²) in [7, 11) is 0. The Bertz CT molecular complexity index is 429. The van der Waals surface area contributed by atoms with Crippen LogP contribution < -0.4 is 5.43 Å². The number of rotatable bonds is 3. The summed E-state index contributed by atoms with van der Waals surface area (Å²) in [5.74, 6) is 0.731. The second-order valence-corrected chi connectivity index (χ2v) is 3.25. The Balaban J connectivity index is 1.96. The molecule has 0 saturated heterocycles. The van der Waals surface area contributed by atoms with E-state index in [0.29, 0.717) is 0 Å². The Morgan fingerprint density at radius 1 is 1.20 bits per heavy atom. The number of hydrazone groups is 1. The van der Waals surface area contributed by atoms with Crippen LogP contribution in [0.5, 0.6) is 0 Å². The molecule has 0 amide bonds. The first-order valence-electron chi connectivity index (χ1n) is 4.74. The van der Waals surface area contributed by atoms with Crippen LogP contribution in [0.3, 0.4) is 0 Å². The van der Waals surface area contributed by atoms with Crippen molar-refractivity contribution in [1.29, 1.82) is 0 Å². The lowest BCUT2D eigenvalue weighted by molar-refractivity contribution is 0.560. The number of hydrogen-bond acceptors (Lipinski definition) is 3. The van der Waals surface area contributed by atoms with Gasteiger partial charge in [0, 0.05) is 0 Å². The van der Waals surface area contributed by atoms with Gasteiger partial charge in [0.25, 0.3) is 0 Å². The smallest absolute Gasteiger partial charge is 0.146 e. The number of aryl methyl sites for hydroxylation is 1. The zero-order valence-corrected chi connectivity index (χ0v) is 8.47. The van der Waals surface area contributed by atoms with Crippen LogP contribution in [0, 0.1) is 6.92 Å². The third-order valence-electron chi connectivity index (χ3n) is 1.98. The molecule has 0 aliphatic carbocycles. The molecule has 0 aliphatic rings. The van der Waals surface area contributed by atoms with Gasteiger partial charge < -0.3 is 4.42 Å². The lowest BCUT2D eigenvalue weighted by Crippen LogP contribution is -1.89. The van der Waals surface area contributed by atoms with Crippen LogP contribution in [0.4, 0.5) is 5.69 Å². The molecule has 3 heteroatoms. The molecule has 0 aliphatic heterocycles. The van der Waals surface area contributed by atoms with Gasteiger partial charge in [0.1, 0.15) is 5.76 Å². The fourth-order valence-electron chi connectivity index (χ4n) is 1.16. The number of benzene rings is 1. The molecule has 0 fully saturated rings. The first-order chi connectivity index (χ1) is 7.34. The quantitative estimate of drug-likeness (QED) is 0.610. The average Bonchev–Trinajstić information content (AvgIpc) is 2.74. The SMILES string of the molecule is Cc1ccc(N/N=C/c2ccco2)cc1. The molecule has 2 rings (SSSR count). The fourth-order valence-corrected chi connectivity index (χ4v) is 1.16. The Morgan fingerprint density at radius 2 is 2.00 bits per heavy atom. The maximum atomic E-state index is 5.10. The highest BCUT2D eigenvalue weighted by molar-refractivity contribution is 5.76. The fraction of sp³-hybridized carbons (Fsp3) is 0.0833. The van der Waals surface area contributed by atoms with Crippen molar-refractivity contribution in [2.24, 2.45) is 5.10 Å². The largest absolute Gasteiger partial charge is 0.463 e. The summed E-state index contributed by atoms with van der Waals surface area (Å²) in [4.78, 5) is 0. The molecule has 1 heterocycles. The topological polar surface area (TPSA) is 37.5 Å². The number of anilines is 1. The molecule has 0 atom stereocenters. The standard InChI is InChI=1S/C12H12N2O/c1-10-4-6-11(7-5-10)14-13-9-12-3-2-8-15-12/h2-9,14H,1H3/b13-9+. The Hall–Kier alpha value is -2.03. The van der Waals surface area contributed by atoms with Crippen LogP contribution >= 0.6 is 0 Å². The minimum absolute atomic E-state index is 0.731. The third kappa shape index (κ3) is 2.71. The van der Waals surface area contributed by atoms with E-state index >= 15 is 0 Å². The van der Waals surface area contributed by atoms with Crippen LogP contribution in [0.15, 0.2) is 52.2 Å². The van der Waals surface area contributed by atoms with E-state index in [2.05, 4.69) is 17.5 Å². The number of nitrogens with one attached hydrogen (secondary N) is 1. The van der Waals surface area contributed by atoms with Crippen molar-refractivity contribution in [1.82, 2.24) is 0 Å². The van der Waals surface area contributed by atoms with E-state index in [1.165, 1.54) is 5.56 Å². The molecule has 0 spiro atoms. The predicted octanol–water partition coefficient (Wildman–Crippen LogP) is 3.03. The molecule has 3 nitrogen and oxygen atoms in total. The van der Waals surface area contributed by atoms with E-state index in [0.717, 1.165) is 11.4 Å². The Kier molecular flexibility index (Phi) is 2.83. The summed E-state index contributed by atoms with van der Waals surface area (Å²) in [6.45, 7) is 2.05. The van der Waals surface area contributed by atoms with Gasteiger partial charge >= 0.3 is 0 Å². The van der Waals surface area contributed by atoms with Crippen molar-refractivity contribution in [2.75, 3.05) is 5.43 Å². The van der Waals surface area contributed by atoms with Crippen molar-refractivity contribution < 1.29 is 4.42 Å². The first kappa shape index (κ1) is 9.52. The van der Waals surface area contributed by atoms with Crippen LogP contribution in [0.25, 0.3) is 0 Å². The van der Waals surface area contributed by atoms with E-state index in [-0.39, 0.29) is 0 Å². The van der Waals surface area contributed by atoms with Gasteiger partial charge in [-0.3, -0.25) is 5.43 Å². The van der Waals surface area contributed by atoms with Crippen LogP contribution in [0.1, 0.15) is 11.3 Å². The van der Waals surface area contributed by atoms with Gasteiger partial charge in [-0.05, 0) is 31.2 Å². The summed E-state index contributed by atoms with van der Waals surface area (Å²) < 4.78 is 5.10. The molecule has 2 aromatic rings. The molecular weight excluding hydrogens is 188 g/mol. The van der Waals surface area contributed by atoms with Crippen molar-refractivity contribution in [3.05, 3.63) is 54.0 Å². The minimum atomic E-state index is 0.731. The van der Waals surface area contributed by atoms with Gasteiger partial charge in [0.2, 0.25) is 0 Å². The Labute approximate surface area is 88.4 Å². The van der Waals surface area contributed by atoms with Crippen molar-refractivity contribution >= 4 is 11.9 Å². The van der Waals surface area contributed by atoms with Crippen LogP contribution in [-0.2, 0) is 0 Å². The highest BCUT2D eigenvalue weighted by Gasteiger charge is 1.89. The van der Waals surface area contributed by atoms with Crippen LogP contribution in [-0.4, -0.2) is 6.21 Å². The molecular formula is C12H12N2O. The zero-order valence-electron chi connectivity index (χ0n) is 8.47. The van der Waals surface area contributed by atoms with Crippen molar-refractivity contribution in [3.63, 3.8) is 0 Å². The van der Waals surface area contributed by atoms with E-state index in [1.807, 2.05) is 36.4 Å². The number of furan rings is 1. The van der Waals surface area contributed by atoms with E-state index < -0.39 is 0 Å². The molecule has 0 bridgehead atoms. The summed E-state index contributed by atoms with van der Waals surface area (Å²) in [6, 6.07) is 11.7. The monoisotopic (exact) mass is 200 g/mol. The molecule has 0 radical (unpaired) electrons. The second kappa shape index (κ2) is 4.46. The minimum Gasteiger partial charge on any atom is -0.463 e. The molecule has 76 valence electrons. The van der Waals surface area contributed by atoms with Gasteiger partial charge in [-0.1, -0.05) is 17.7 Å². The van der Waals surface area contributed by atoms with E-state index in [9.17, 15) is 0 Å². The summed E-state index contributed by atoms with van der Waals surface area (Å²) in [6.07, 6.45) is 3.26. The normalized spacial score (nSPS) is 10.7. The molecule has 1 N–H and O–H groups in total. The summed E-state index contributed by atoms with van der Waals surface area (Å²) in [5.41, 5.74) is 5.11. The highest BCUT2D eigenvalue weighted by Crippen LogP contribution is 2.08. The lowest BCUT2D eigenvalue weighted by atomic mass is 10.2. The second-order valence-electron chi connectivity index (χ2n) is 3.25. The maximum absolute atomic E-state index is 5.10. The molecule has 15 heavy (non-hydrogen) atoms. The van der Waals surface area contributed by atoms with E-state index in [4.69, 9.17) is 4.42 Å². The van der Waals surface area contributed by atoms with Crippen LogP contribution in [0.2, 0.25) is 0 Å². The molecule has 1 aromatic carbocycles. The van der Waals surface area contributed by atoms with Gasteiger partial charge in [-0.25, -0.2) is 0 Å². The lowest BCUT2D eigenvalue weighted by Gasteiger charge is -1.99. The average molecular weight is 200 g/mol. The number of nitrogens with zero attached hydrogens (tertiary/aromatic N) is 1. The van der Waals surface area contributed by atoms with Crippen molar-refractivity contribution in [3.8, 4) is 0 Å². The predicted molar refractivity (Wildman–Crippen MR) is 61.1 cm³/mol. The third-order valence-corrected chi connectivity index (χ3v) is 1.98. The molecule has 1 aromatic heterocycles. The highest BCUT2D eigenvalue weighted by atomic mass is 16.3. The van der Waals surface area contributed by atoms with Gasteiger partial charge in [0.15, 0.2) is 0 Å². The molecule has 0 saturated carbocycles. The molecule has 0 unspecified atom stereocenters.